The minimum absolute atomic E-state index is 0.114. The number of rotatable bonds is 5. The van der Waals surface area contributed by atoms with Crippen LogP contribution in [0.2, 0.25) is 0 Å². The van der Waals surface area contributed by atoms with Crippen LogP contribution in [0.5, 0.6) is 0 Å². The fraction of sp³-hybridized carbons (Fsp3) is 0.296. The van der Waals surface area contributed by atoms with Crippen LogP contribution in [0.3, 0.4) is 0 Å². The van der Waals surface area contributed by atoms with E-state index in [1.165, 1.54) is 6.07 Å². The van der Waals surface area contributed by atoms with Gasteiger partial charge in [-0.25, -0.2) is 14.4 Å². The van der Waals surface area contributed by atoms with Crippen LogP contribution < -0.4 is 10.2 Å². The number of carbonyl (C=O) groups excluding carboxylic acids is 1. The Kier molecular flexibility index (Phi) is 5.99. The highest BCUT2D eigenvalue weighted by Crippen LogP contribution is 2.34. The van der Waals surface area contributed by atoms with Crippen molar-refractivity contribution < 1.29 is 9.18 Å². The second-order valence-electron chi connectivity index (χ2n) is 9.96. The van der Waals surface area contributed by atoms with Crippen LogP contribution in [0.25, 0.3) is 44.7 Å². The zero-order valence-electron chi connectivity index (χ0n) is 21.4. The molecule has 0 bridgehead atoms. The summed E-state index contributed by atoms with van der Waals surface area (Å²) in [5, 5.41) is 10.6. The molecule has 5 aromatic rings. The number of halogens is 1. The lowest BCUT2D eigenvalue weighted by atomic mass is 10.0. The molecule has 1 aliphatic rings. The Hall–Kier alpha value is -4.38. The maximum absolute atomic E-state index is 15.2. The minimum Gasteiger partial charge on any atom is -0.367 e. The second kappa shape index (κ2) is 9.49. The van der Waals surface area contributed by atoms with Gasteiger partial charge in [0.2, 0.25) is 5.91 Å². The van der Waals surface area contributed by atoms with Gasteiger partial charge >= 0.3 is 0 Å². The lowest BCUT2D eigenvalue weighted by Crippen LogP contribution is -2.44. The highest BCUT2D eigenvalue weighted by Gasteiger charge is 2.21. The number of benzene rings is 1. The molecule has 1 fully saturated rings. The maximum atomic E-state index is 15.2. The van der Waals surface area contributed by atoms with Gasteiger partial charge in [-0.3, -0.25) is 14.9 Å². The summed E-state index contributed by atoms with van der Waals surface area (Å²) >= 11 is 0. The standard InChI is InChI=1S/C27H28FN9O/c1-15(2)27(38)31-18-10-17(13-29-14-18)16-11-19-22(20(28)12-16)34-35-23(19)26-32-24-21(4-5-30-25(24)33-26)37-8-6-36(3)7-9-37/h4-5,10-15H,6-9H2,1-3H3,(H,31,38)(H,34,35)(H,30,32,33). The molecule has 5 heterocycles. The van der Waals surface area contributed by atoms with Gasteiger partial charge in [0.1, 0.15) is 16.7 Å². The topological polar surface area (TPSA) is 119 Å². The molecule has 11 heteroatoms. The van der Waals surface area contributed by atoms with Crippen LogP contribution in [0.4, 0.5) is 15.8 Å². The van der Waals surface area contributed by atoms with Crippen molar-refractivity contribution >= 4 is 39.3 Å². The fourth-order valence-corrected chi connectivity index (χ4v) is 4.70. The van der Waals surface area contributed by atoms with E-state index >= 15 is 4.39 Å². The van der Waals surface area contributed by atoms with E-state index in [4.69, 9.17) is 4.98 Å². The largest absolute Gasteiger partial charge is 0.367 e. The van der Waals surface area contributed by atoms with Crippen molar-refractivity contribution in [3.8, 4) is 22.6 Å². The molecular weight excluding hydrogens is 485 g/mol. The summed E-state index contributed by atoms with van der Waals surface area (Å²) in [7, 11) is 2.12. The van der Waals surface area contributed by atoms with Crippen molar-refractivity contribution in [2.75, 3.05) is 43.4 Å². The summed E-state index contributed by atoms with van der Waals surface area (Å²) < 4.78 is 15.2. The van der Waals surface area contributed by atoms with E-state index < -0.39 is 5.82 Å². The molecule has 0 unspecified atom stereocenters. The van der Waals surface area contributed by atoms with Gasteiger partial charge in [-0.1, -0.05) is 13.8 Å². The number of hydrogen-bond acceptors (Lipinski definition) is 7. The van der Waals surface area contributed by atoms with E-state index in [0.29, 0.717) is 39.4 Å². The van der Waals surface area contributed by atoms with E-state index in [2.05, 4.69) is 47.3 Å². The van der Waals surface area contributed by atoms with Gasteiger partial charge in [-0.2, -0.15) is 5.10 Å². The maximum Gasteiger partial charge on any atom is 0.226 e. The number of pyridine rings is 2. The third kappa shape index (κ3) is 4.34. The summed E-state index contributed by atoms with van der Waals surface area (Å²) in [6, 6.07) is 7.05. The molecule has 0 aliphatic carbocycles. The molecule has 1 amide bonds. The molecule has 38 heavy (non-hydrogen) atoms. The van der Waals surface area contributed by atoms with Crippen LogP contribution in [0, 0.1) is 11.7 Å². The summed E-state index contributed by atoms with van der Waals surface area (Å²) in [4.78, 5) is 33.6. The van der Waals surface area contributed by atoms with Crippen molar-refractivity contribution in [3.05, 3.63) is 48.7 Å². The smallest absolute Gasteiger partial charge is 0.226 e. The quantitative estimate of drug-likeness (QED) is 0.324. The normalized spacial score (nSPS) is 14.6. The number of piperazine rings is 1. The highest BCUT2D eigenvalue weighted by molar-refractivity contribution is 5.97. The lowest BCUT2D eigenvalue weighted by Gasteiger charge is -2.34. The van der Waals surface area contributed by atoms with Crippen LogP contribution in [-0.4, -0.2) is 74.2 Å². The molecular formula is C27H28FN9O. The molecule has 3 N–H and O–H groups in total. The second-order valence-corrected chi connectivity index (χ2v) is 9.96. The number of imidazole rings is 1. The molecule has 0 spiro atoms. The van der Waals surface area contributed by atoms with Gasteiger partial charge in [0.05, 0.1) is 17.6 Å². The van der Waals surface area contributed by atoms with Crippen molar-refractivity contribution in [2.24, 2.45) is 5.92 Å². The molecule has 4 aromatic heterocycles. The Morgan fingerprint density at radius 2 is 1.92 bits per heavy atom. The number of anilines is 2. The lowest BCUT2D eigenvalue weighted by molar-refractivity contribution is -0.118. The van der Waals surface area contributed by atoms with Crippen molar-refractivity contribution in [1.29, 1.82) is 0 Å². The van der Waals surface area contributed by atoms with Gasteiger partial charge < -0.3 is 20.1 Å². The first kappa shape index (κ1) is 24.0. The number of amides is 1. The predicted molar refractivity (Wildman–Crippen MR) is 145 cm³/mol. The summed E-state index contributed by atoms with van der Waals surface area (Å²) in [6.45, 7) is 7.42. The van der Waals surface area contributed by atoms with Crippen molar-refractivity contribution in [2.45, 2.75) is 13.8 Å². The van der Waals surface area contributed by atoms with Crippen LogP contribution >= 0.6 is 0 Å². The Morgan fingerprint density at radius 1 is 1.11 bits per heavy atom. The first-order chi connectivity index (χ1) is 18.4. The highest BCUT2D eigenvalue weighted by atomic mass is 19.1. The molecule has 0 atom stereocenters. The summed E-state index contributed by atoms with van der Waals surface area (Å²) in [5.74, 6) is -0.221. The van der Waals surface area contributed by atoms with Gasteiger partial charge in [0.15, 0.2) is 17.3 Å². The van der Waals surface area contributed by atoms with E-state index in [-0.39, 0.29) is 17.3 Å². The Bertz CT molecular complexity index is 1650. The Balaban J connectivity index is 1.40. The van der Waals surface area contributed by atoms with E-state index in [9.17, 15) is 4.79 Å². The molecule has 10 nitrogen and oxygen atoms in total. The Morgan fingerprint density at radius 3 is 2.71 bits per heavy atom. The molecule has 1 aromatic carbocycles. The molecule has 0 radical (unpaired) electrons. The number of hydrogen-bond donors (Lipinski definition) is 3. The minimum atomic E-state index is -0.469. The third-order valence-corrected chi connectivity index (χ3v) is 6.93. The predicted octanol–water partition coefficient (Wildman–Crippen LogP) is 4.05. The van der Waals surface area contributed by atoms with E-state index in [1.54, 1.807) is 24.7 Å². The van der Waals surface area contributed by atoms with E-state index in [0.717, 1.165) is 37.4 Å². The van der Waals surface area contributed by atoms with Gasteiger partial charge in [0.25, 0.3) is 0 Å². The number of likely N-dealkylation sites (N-methyl/N-ethyl adjacent to an activating group) is 1. The zero-order valence-corrected chi connectivity index (χ0v) is 21.4. The number of fused-ring (bicyclic) bond motifs is 2. The summed E-state index contributed by atoms with van der Waals surface area (Å²) in [5.41, 5.74) is 5.09. The fourth-order valence-electron chi connectivity index (χ4n) is 4.70. The van der Waals surface area contributed by atoms with E-state index in [1.807, 2.05) is 26.0 Å². The molecule has 0 saturated carbocycles. The number of nitrogens with zero attached hydrogens (tertiary/aromatic N) is 6. The SMILES string of the molecule is CC(C)C(=O)Nc1cncc(-c2cc(F)c3n[nH]c(-c4nc5nccc(N6CCN(C)CC6)c5[nH]4)c3c2)c1. The average molecular weight is 514 g/mol. The molecule has 1 saturated heterocycles. The number of H-pyrrole nitrogens is 2. The monoisotopic (exact) mass is 513 g/mol. The molecule has 194 valence electrons. The number of nitrogens with one attached hydrogen (secondary N) is 3. The summed E-state index contributed by atoms with van der Waals surface area (Å²) in [6.07, 6.45) is 4.97. The Labute approximate surface area is 218 Å². The number of aromatic nitrogens is 6. The van der Waals surface area contributed by atoms with Gasteiger partial charge in [0, 0.05) is 55.4 Å². The van der Waals surface area contributed by atoms with Crippen LogP contribution in [0.15, 0.2) is 42.9 Å². The van der Waals surface area contributed by atoms with Gasteiger partial charge in [-0.15, -0.1) is 0 Å². The number of carbonyl (C=O) groups is 1. The average Bonchev–Trinajstić information content (AvgIpc) is 3.53. The van der Waals surface area contributed by atoms with Gasteiger partial charge in [-0.05, 0) is 36.9 Å². The first-order valence-electron chi connectivity index (χ1n) is 12.6. The van der Waals surface area contributed by atoms with Crippen molar-refractivity contribution in [3.63, 3.8) is 0 Å². The van der Waals surface area contributed by atoms with Crippen LogP contribution in [-0.2, 0) is 4.79 Å². The first-order valence-corrected chi connectivity index (χ1v) is 12.6. The zero-order chi connectivity index (χ0) is 26.4. The molecule has 1 aliphatic heterocycles. The third-order valence-electron chi connectivity index (χ3n) is 6.93. The van der Waals surface area contributed by atoms with Crippen molar-refractivity contribution in [1.82, 2.24) is 35.0 Å². The van der Waals surface area contributed by atoms with Crippen LogP contribution in [0.1, 0.15) is 13.8 Å². The molecule has 6 rings (SSSR count). The number of aromatic amines is 2.